The third-order valence-corrected chi connectivity index (χ3v) is 5.03. The van der Waals surface area contributed by atoms with Crippen molar-refractivity contribution in [3.8, 4) is 11.5 Å². The van der Waals surface area contributed by atoms with Gasteiger partial charge in [-0.2, -0.15) is 0 Å². The standard InChI is InChI=1S/C27H28N2O6/c1-3-19-9-6-8-12-24(19)34-18-25(30)28-17-21-10-5-7-11-23(21)29-26(31)20-13-15-22(16-14-20)35-27(32)33-4-2/h5-16H,3-4,17-18H2,1-2H3,(H,28,30)(H,29,31). The molecule has 0 saturated carbocycles. The van der Waals surface area contributed by atoms with Crippen LogP contribution in [0.2, 0.25) is 0 Å². The van der Waals surface area contributed by atoms with Crippen LogP contribution in [-0.4, -0.2) is 31.2 Å². The highest BCUT2D eigenvalue weighted by molar-refractivity contribution is 6.04. The van der Waals surface area contributed by atoms with Crippen LogP contribution in [-0.2, 0) is 22.5 Å². The molecule has 8 nitrogen and oxygen atoms in total. The van der Waals surface area contributed by atoms with Gasteiger partial charge in [-0.05, 0) is 60.9 Å². The average Bonchev–Trinajstić information content (AvgIpc) is 2.87. The molecular weight excluding hydrogens is 448 g/mol. The number of hydrogen-bond donors (Lipinski definition) is 2. The van der Waals surface area contributed by atoms with Crippen LogP contribution >= 0.6 is 0 Å². The average molecular weight is 477 g/mol. The summed E-state index contributed by atoms with van der Waals surface area (Å²) in [5.41, 5.74) is 2.73. The number of anilines is 1. The van der Waals surface area contributed by atoms with E-state index < -0.39 is 6.16 Å². The first kappa shape index (κ1) is 25.3. The molecule has 2 amide bonds. The topological polar surface area (TPSA) is 103 Å². The maximum Gasteiger partial charge on any atom is 0.513 e. The van der Waals surface area contributed by atoms with Gasteiger partial charge in [0.1, 0.15) is 11.5 Å². The molecule has 0 aliphatic heterocycles. The highest BCUT2D eigenvalue weighted by Crippen LogP contribution is 2.19. The molecule has 3 aromatic rings. The van der Waals surface area contributed by atoms with Crippen molar-refractivity contribution in [2.45, 2.75) is 26.8 Å². The van der Waals surface area contributed by atoms with E-state index in [1.54, 1.807) is 31.2 Å². The highest BCUT2D eigenvalue weighted by atomic mass is 16.7. The lowest BCUT2D eigenvalue weighted by Gasteiger charge is -2.13. The zero-order valence-electron chi connectivity index (χ0n) is 19.7. The molecule has 2 N–H and O–H groups in total. The Hall–Kier alpha value is -4.33. The Kier molecular flexibility index (Phi) is 9.24. The van der Waals surface area contributed by atoms with E-state index >= 15 is 0 Å². The molecular formula is C27H28N2O6. The number of para-hydroxylation sites is 2. The predicted octanol–water partition coefficient (Wildman–Crippen LogP) is 4.73. The summed E-state index contributed by atoms with van der Waals surface area (Å²) in [7, 11) is 0. The first-order chi connectivity index (χ1) is 17.0. The summed E-state index contributed by atoms with van der Waals surface area (Å²) in [5, 5.41) is 5.67. The van der Waals surface area contributed by atoms with Crippen molar-refractivity contribution >= 4 is 23.7 Å². The second-order valence-electron chi connectivity index (χ2n) is 7.45. The molecule has 35 heavy (non-hydrogen) atoms. The van der Waals surface area contributed by atoms with E-state index in [1.807, 2.05) is 43.3 Å². The van der Waals surface area contributed by atoms with Crippen molar-refractivity contribution in [1.82, 2.24) is 5.32 Å². The first-order valence-corrected chi connectivity index (χ1v) is 11.3. The molecule has 182 valence electrons. The van der Waals surface area contributed by atoms with Gasteiger partial charge in [-0.1, -0.05) is 43.3 Å². The van der Waals surface area contributed by atoms with Gasteiger partial charge >= 0.3 is 6.16 Å². The van der Waals surface area contributed by atoms with E-state index in [4.69, 9.17) is 14.2 Å². The smallest absolute Gasteiger partial charge is 0.483 e. The van der Waals surface area contributed by atoms with E-state index in [0.717, 1.165) is 17.5 Å². The van der Waals surface area contributed by atoms with Crippen LogP contribution in [0.5, 0.6) is 11.5 Å². The van der Waals surface area contributed by atoms with E-state index in [0.29, 0.717) is 17.0 Å². The number of aryl methyl sites for hydroxylation is 1. The zero-order valence-corrected chi connectivity index (χ0v) is 19.7. The molecule has 0 saturated heterocycles. The lowest BCUT2D eigenvalue weighted by molar-refractivity contribution is -0.123. The molecule has 0 heterocycles. The van der Waals surface area contributed by atoms with Gasteiger partial charge < -0.3 is 24.8 Å². The van der Waals surface area contributed by atoms with Crippen LogP contribution < -0.4 is 20.1 Å². The summed E-state index contributed by atoms with van der Waals surface area (Å²) in [6.07, 6.45) is 0.00657. The number of rotatable bonds is 10. The summed E-state index contributed by atoms with van der Waals surface area (Å²) in [6, 6.07) is 20.9. The van der Waals surface area contributed by atoms with Crippen molar-refractivity contribution in [2.75, 3.05) is 18.5 Å². The minimum atomic E-state index is -0.805. The zero-order chi connectivity index (χ0) is 25.0. The fourth-order valence-electron chi connectivity index (χ4n) is 3.23. The Balaban J connectivity index is 1.55. The number of nitrogens with one attached hydrogen (secondary N) is 2. The summed E-state index contributed by atoms with van der Waals surface area (Å²) in [6.45, 7) is 4.03. The molecule has 0 fully saturated rings. The second-order valence-corrected chi connectivity index (χ2v) is 7.45. The molecule has 3 rings (SSSR count). The lowest BCUT2D eigenvalue weighted by atomic mass is 10.1. The predicted molar refractivity (Wildman–Crippen MR) is 132 cm³/mol. The summed E-state index contributed by atoms with van der Waals surface area (Å²) < 4.78 is 15.4. The summed E-state index contributed by atoms with van der Waals surface area (Å²) in [5.74, 6) is 0.351. The third-order valence-electron chi connectivity index (χ3n) is 5.03. The Bertz CT molecular complexity index is 1160. The molecule has 0 spiro atoms. The van der Waals surface area contributed by atoms with Crippen molar-refractivity contribution in [3.63, 3.8) is 0 Å². The van der Waals surface area contributed by atoms with Crippen molar-refractivity contribution < 1.29 is 28.6 Å². The molecule has 8 heteroatoms. The van der Waals surface area contributed by atoms with Crippen LogP contribution in [0.1, 0.15) is 35.3 Å². The first-order valence-electron chi connectivity index (χ1n) is 11.3. The van der Waals surface area contributed by atoms with Crippen LogP contribution in [0.4, 0.5) is 10.5 Å². The number of hydrogen-bond acceptors (Lipinski definition) is 6. The molecule has 3 aromatic carbocycles. The van der Waals surface area contributed by atoms with E-state index in [1.165, 1.54) is 12.1 Å². The fraction of sp³-hybridized carbons (Fsp3) is 0.222. The summed E-state index contributed by atoms with van der Waals surface area (Å²) >= 11 is 0. The van der Waals surface area contributed by atoms with E-state index in [2.05, 4.69) is 10.6 Å². The number of amides is 2. The number of carbonyl (C=O) groups is 3. The SMILES string of the molecule is CCOC(=O)Oc1ccc(C(=O)Nc2ccccc2CNC(=O)COc2ccccc2CC)cc1. The van der Waals surface area contributed by atoms with Gasteiger partial charge in [0.15, 0.2) is 6.61 Å². The Morgan fingerprint density at radius 3 is 2.23 bits per heavy atom. The number of ether oxygens (including phenoxy) is 3. The number of carbonyl (C=O) groups excluding carboxylic acids is 3. The quantitative estimate of drug-likeness (QED) is 0.324. The van der Waals surface area contributed by atoms with Gasteiger partial charge in [0.25, 0.3) is 11.8 Å². The maximum absolute atomic E-state index is 12.7. The van der Waals surface area contributed by atoms with E-state index in [9.17, 15) is 14.4 Å². The van der Waals surface area contributed by atoms with Crippen molar-refractivity contribution in [2.24, 2.45) is 0 Å². The maximum atomic E-state index is 12.7. The largest absolute Gasteiger partial charge is 0.513 e. The fourth-order valence-corrected chi connectivity index (χ4v) is 3.23. The molecule has 0 aromatic heterocycles. The van der Waals surface area contributed by atoms with Gasteiger partial charge in [-0.15, -0.1) is 0 Å². The molecule has 0 atom stereocenters. The van der Waals surface area contributed by atoms with Crippen LogP contribution in [0, 0.1) is 0 Å². The molecule has 0 bridgehead atoms. The molecule has 0 aliphatic carbocycles. The lowest BCUT2D eigenvalue weighted by Crippen LogP contribution is -2.29. The molecule has 0 unspecified atom stereocenters. The molecule has 0 radical (unpaired) electrons. The summed E-state index contributed by atoms with van der Waals surface area (Å²) in [4.78, 5) is 36.4. The number of benzene rings is 3. The van der Waals surface area contributed by atoms with Gasteiger partial charge in [0.05, 0.1) is 6.61 Å². The van der Waals surface area contributed by atoms with Crippen molar-refractivity contribution in [1.29, 1.82) is 0 Å². The Labute approximate surface area is 204 Å². The van der Waals surface area contributed by atoms with Gasteiger partial charge in [-0.25, -0.2) is 4.79 Å². The minimum Gasteiger partial charge on any atom is -0.483 e. The van der Waals surface area contributed by atoms with Gasteiger partial charge in [0, 0.05) is 17.8 Å². The molecule has 0 aliphatic rings. The van der Waals surface area contributed by atoms with Crippen molar-refractivity contribution in [3.05, 3.63) is 89.5 Å². The Morgan fingerprint density at radius 1 is 0.829 bits per heavy atom. The van der Waals surface area contributed by atoms with Gasteiger partial charge in [-0.3, -0.25) is 9.59 Å². The highest BCUT2D eigenvalue weighted by Gasteiger charge is 2.12. The second kappa shape index (κ2) is 12.8. The normalized spacial score (nSPS) is 10.2. The van der Waals surface area contributed by atoms with Crippen LogP contribution in [0.3, 0.4) is 0 Å². The van der Waals surface area contributed by atoms with E-state index in [-0.39, 0.29) is 37.3 Å². The monoisotopic (exact) mass is 476 g/mol. The van der Waals surface area contributed by atoms with Crippen LogP contribution in [0.15, 0.2) is 72.8 Å². The van der Waals surface area contributed by atoms with Gasteiger partial charge in [0.2, 0.25) is 0 Å². The third kappa shape index (κ3) is 7.60. The van der Waals surface area contributed by atoms with Crippen LogP contribution in [0.25, 0.3) is 0 Å². The minimum absolute atomic E-state index is 0.105. The Morgan fingerprint density at radius 2 is 1.51 bits per heavy atom.